The van der Waals surface area contributed by atoms with Crippen LogP contribution in [0, 0.1) is 0 Å². The summed E-state index contributed by atoms with van der Waals surface area (Å²) in [4.78, 5) is 14.5. The van der Waals surface area contributed by atoms with Gasteiger partial charge in [-0.3, -0.25) is 9.69 Å². The Hall–Kier alpha value is -2.33. The van der Waals surface area contributed by atoms with Crippen LogP contribution in [0.1, 0.15) is 30.5 Å². The van der Waals surface area contributed by atoms with E-state index in [9.17, 15) is 4.79 Å². The van der Waals surface area contributed by atoms with Crippen molar-refractivity contribution in [3.8, 4) is 5.75 Å². The molecule has 0 aliphatic rings. The summed E-state index contributed by atoms with van der Waals surface area (Å²) in [5.74, 6) is 0.825. The Labute approximate surface area is 150 Å². The van der Waals surface area contributed by atoms with Gasteiger partial charge in [-0.05, 0) is 41.9 Å². The number of ether oxygens (including phenoxy) is 1. The smallest absolute Gasteiger partial charge is 0.224 e. The number of methoxy groups -OCH3 is 1. The molecule has 1 amide bonds. The predicted octanol–water partition coefficient (Wildman–Crippen LogP) is 3.40. The zero-order valence-corrected chi connectivity index (χ0v) is 15.4. The van der Waals surface area contributed by atoms with Gasteiger partial charge in [0.1, 0.15) is 5.75 Å². The van der Waals surface area contributed by atoms with Crippen molar-refractivity contribution < 1.29 is 9.53 Å². The van der Waals surface area contributed by atoms with Crippen molar-refractivity contribution >= 4 is 5.91 Å². The van der Waals surface area contributed by atoms with Gasteiger partial charge in [0.15, 0.2) is 0 Å². The van der Waals surface area contributed by atoms with Crippen molar-refractivity contribution in [1.29, 1.82) is 0 Å². The molecule has 0 unspecified atom stereocenters. The third kappa shape index (κ3) is 6.24. The van der Waals surface area contributed by atoms with Crippen LogP contribution in [0.4, 0.5) is 0 Å². The maximum Gasteiger partial charge on any atom is 0.224 e. The zero-order chi connectivity index (χ0) is 18.1. The molecule has 1 N–H and O–H groups in total. The highest BCUT2D eigenvalue weighted by Crippen LogP contribution is 2.12. The molecular formula is C21H28N2O2. The number of carbonyl (C=O) groups excluding carboxylic acids is 1. The maximum atomic E-state index is 12.1. The normalized spacial score (nSPS) is 10.7. The predicted molar refractivity (Wildman–Crippen MR) is 102 cm³/mol. The molecule has 4 heteroatoms. The molecule has 2 rings (SSSR count). The van der Waals surface area contributed by atoms with Gasteiger partial charge in [0.05, 0.1) is 13.5 Å². The van der Waals surface area contributed by atoms with Crippen molar-refractivity contribution in [2.45, 2.75) is 33.4 Å². The summed E-state index contributed by atoms with van der Waals surface area (Å²) >= 11 is 0. The van der Waals surface area contributed by atoms with E-state index >= 15 is 0 Å². The Morgan fingerprint density at radius 1 is 0.920 bits per heavy atom. The SMILES string of the molecule is CCN(CC)Cc1ccc(CNC(=O)Cc2ccc(OC)cc2)cc1. The molecule has 0 spiro atoms. The van der Waals surface area contributed by atoms with Gasteiger partial charge in [0.25, 0.3) is 0 Å². The van der Waals surface area contributed by atoms with E-state index in [4.69, 9.17) is 4.74 Å². The van der Waals surface area contributed by atoms with Gasteiger partial charge in [0, 0.05) is 13.1 Å². The van der Waals surface area contributed by atoms with Crippen LogP contribution in [0.15, 0.2) is 48.5 Å². The molecule has 0 aliphatic heterocycles. The number of hydrogen-bond acceptors (Lipinski definition) is 3. The molecule has 0 fully saturated rings. The molecule has 0 atom stereocenters. The fourth-order valence-corrected chi connectivity index (χ4v) is 2.66. The molecule has 0 radical (unpaired) electrons. The highest BCUT2D eigenvalue weighted by atomic mass is 16.5. The fraction of sp³-hybridized carbons (Fsp3) is 0.381. The minimum atomic E-state index is 0.0254. The van der Waals surface area contributed by atoms with Gasteiger partial charge in [-0.2, -0.15) is 0 Å². The highest BCUT2D eigenvalue weighted by Gasteiger charge is 2.05. The summed E-state index contributed by atoms with van der Waals surface area (Å²) in [6.45, 7) is 7.99. The molecule has 25 heavy (non-hydrogen) atoms. The lowest BCUT2D eigenvalue weighted by Gasteiger charge is -2.18. The summed E-state index contributed by atoms with van der Waals surface area (Å²) in [7, 11) is 1.63. The van der Waals surface area contributed by atoms with Crippen molar-refractivity contribution in [1.82, 2.24) is 10.2 Å². The fourth-order valence-electron chi connectivity index (χ4n) is 2.66. The third-order valence-electron chi connectivity index (χ3n) is 4.34. The second-order valence-electron chi connectivity index (χ2n) is 6.08. The zero-order valence-electron chi connectivity index (χ0n) is 15.4. The van der Waals surface area contributed by atoms with E-state index in [0.717, 1.165) is 36.5 Å². The van der Waals surface area contributed by atoms with E-state index in [0.29, 0.717) is 13.0 Å². The van der Waals surface area contributed by atoms with Crippen LogP contribution in [-0.4, -0.2) is 31.0 Å². The average molecular weight is 340 g/mol. The molecule has 0 saturated carbocycles. The molecule has 2 aromatic rings. The van der Waals surface area contributed by atoms with Gasteiger partial charge < -0.3 is 10.1 Å². The second-order valence-corrected chi connectivity index (χ2v) is 6.08. The van der Waals surface area contributed by atoms with E-state index in [1.54, 1.807) is 7.11 Å². The van der Waals surface area contributed by atoms with Crippen LogP contribution in [0.3, 0.4) is 0 Å². The highest BCUT2D eigenvalue weighted by molar-refractivity contribution is 5.78. The third-order valence-corrected chi connectivity index (χ3v) is 4.34. The van der Waals surface area contributed by atoms with Crippen LogP contribution in [0.2, 0.25) is 0 Å². The van der Waals surface area contributed by atoms with Gasteiger partial charge in [-0.1, -0.05) is 50.2 Å². The first-order valence-electron chi connectivity index (χ1n) is 8.84. The Bertz CT molecular complexity index is 647. The minimum Gasteiger partial charge on any atom is -0.497 e. The lowest BCUT2D eigenvalue weighted by atomic mass is 10.1. The first kappa shape index (κ1) is 19.0. The van der Waals surface area contributed by atoms with Crippen LogP contribution in [0.5, 0.6) is 5.75 Å². The summed E-state index contributed by atoms with van der Waals surface area (Å²) in [5, 5.41) is 2.98. The standard InChI is InChI=1S/C21H28N2O2/c1-4-23(5-2)16-19-8-6-18(7-9-19)15-22-21(24)14-17-10-12-20(25-3)13-11-17/h6-13H,4-5,14-16H2,1-3H3,(H,22,24). The van der Waals surface area contributed by atoms with E-state index in [1.807, 2.05) is 24.3 Å². The molecule has 0 aromatic heterocycles. The molecule has 0 heterocycles. The van der Waals surface area contributed by atoms with Crippen LogP contribution < -0.4 is 10.1 Å². The number of hydrogen-bond donors (Lipinski definition) is 1. The summed E-state index contributed by atoms with van der Waals surface area (Å²) < 4.78 is 5.12. The maximum absolute atomic E-state index is 12.1. The largest absolute Gasteiger partial charge is 0.497 e. The van der Waals surface area contributed by atoms with Gasteiger partial charge in [-0.25, -0.2) is 0 Å². The van der Waals surface area contributed by atoms with Gasteiger partial charge >= 0.3 is 0 Å². The van der Waals surface area contributed by atoms with Crippen molar-refractivity contribution in [3.05, 3.63) is 65.2 Å². The number of benzene rings is 2. The molecular weight excluding hydrogens is 312 g/mol. The molecule has 0 bridgehead atoms. The van der Waals surface area contributed by atoms with Crippen LogP contribution >= 0.6 is 0 Å². The molecule has 4 nitrogen and oxygen atoms in total. The van der Waals surface area contributed by atoms with Crippen LogP contribution in [-0.2, 0) is 24.3 Å². The minimum absolute atomic E-state index is 0.0254. The first-order valence-corrected chi connectivity index (χ1v) is 8.84. The number of nitrogens with zero attached hydrogens (tertiary/aromatic N) is 1. The summed E-state index contributed by atoms with van der Waals surface area (Å²) in [5.41, 5.74) is 3.40. The Balaban J connectivity index is 1.80. The summed E-state index contributed by atoms with van der Waals surface area (Å²) in [6, 6.07) is 16.0. The Morgan fingerprint density at radius 3 is 2.04 bits per heavy atom. The summed E-state index contributed by atoms with van der Waals surface area (Å²) in [6.07, 6.45) is 0.379. The van der Waals surface area contributed by atoms with Gasteiger partial charge in [-0.15, -0.1) is 0 Å². The monoisotopic (exact) mass is 340 g/mol. The Kier molecular flexibility index (Phi) is 7.48. The first-order chi connectivity index (χ1) is 12.1. The average Bonchev–Trinajstić information content (AvgIpc) is 2.66. The van der Waals surface area contributed by atoms with Crippen LogP contribution in [0.25, 0.3) is 0 Å². The van der Waals surface area contributed by atoms with E-state index in [-0.39, 0.29) is 5.91 Å². The number of rotatable bonds is 9. The van der Waals surface area contributed by atoms with E-state index in [2.05, 4.69) is 48.3 Å². The van der Waals surface area contributed by atoms with Crippen molar-refractivity contribution in [2.24, 2.45) is 0 Å². The lowest BCUT2D eigenvalue weighted by molar-refractivity contribution is -0.120. The molecule has 2 aromatic carbocycles. The topological polar surface area (TPSA) is 41.6 Å². The second kappa shape index (κ2) is 9.84. The van der Waals surface area contributed by atoms with E-state index < -0.39 is 0 Å². The molecule has 134 valence electrons. The number of carbonyl (C=O) groups is 1. The quantitative estimate of drug-likeness (QED) is 0.761. The van der Waals surface area contributed by atoms with E-state index in [1.165, 1.54) is 5.56 Å². The Morgan fingerprint density at radius 2 is 1.48 bits per heavy atom. The molecule has 0 saturated heterocycles. The van der Waals surface area contributed by atoms with Gasteiger partial charge in [0.2, 0.25) is 5.91 Å². The van der Waals surface area contributed by atoms with Crippen molar-refractivity contribution in [2.75, 3.05) is 20.2 Å². The number of amides is 1. The van der Waals surface area contributed by atoms with Crippen molar-refractivity contribution in [3.63, 3.8) is 0 Å². The lowest BCUT2D eigenvalue weighted by Crippen LogP contribution is -2.24. The number of nitrogens with one attached hydrogen (secondary N) is 1. The molecule has 0 aliphatic carbocycles.